The fourth-order valence-corrected chi connectivity index (χ4v) is 5.73. The first kappa shape index (κ1) is 24.7. The number of hydrogen-bond acceptors (Lipinski definition) is 8. The molecule has 3 aromatic rings. The van der Waals surface area contributed by atoms with Gasteiger partial charge < -0.3 is 19.7 Å². The first-order valence-electron chi connectivity index (χ1n) is 11.8. The topological polar surface area (TPSA) is 118 Å². The number of fused-ring (bicyclic) bond motifs is 1. The number of aromatic nitrogens is 1. The molecule has 0 spiro atoms. The van der Waals surface area contributed by atoms with Crippen molar-refractivity contribution in [2.24, 2.45) is 0 Å². The zero-order valence-electron chi connectivity index (χ0n) is 20.2. The highest BCUT2D eigenvalue weighted by Gasteiger charge is 2.30. The third-order valence-corrected chi connectivity index (χ3v) is 8.27. The zero-order chi connectivity index (χ0) is 26.0. The molecule has 1 fully saturated rings. The molecule has 192 valence electrons. The van der Waals surface area contributed by atoms with Crippen molar-refractivity contribution < 1.29 is 27.5 Å². The van der Waals surface area contributed by atoms with Gasteiger partial charge in [-0.05, 0) is 48.9 Å². The monoisotopic (exact) mass is 522 g/mol. The summed E-state index contributed by atoms with van der Waals surface area (Å²) in [5, 5.41) is 2.92. The molecule has 0 bridgehead atoms. The smallest absolute Gasteiger partial charge is 0.255 e. The summed E-state index contributed by atoms with van der Waals surface area (Å²) in [4.78, 5) is 31.0. The lowest BCUT2D eigenvalue weighted by Crippen LogP contribution is -2.49. The van der Waals surface area contributed by atoms with Crippen LogP contribution < -0.4 is 19.7 Å². The maximum absolute atomic E-state index is 13.1. The van der Waals surface area contributed by atoms with Gasteiger partial charge in [-0.2, -0.15) is 4.31 Å². The number of piperazine rings is 1. The molecular weight excluding hydrogens is 496 g/mol. The number of hydrogen-bond donors (Lipinski definition) is 1. The van der Waals surface area contributed by atoms with Crippen molar-refractivity contribution in [1.29, 1.82) is 0 Å². The molecule has 1 N–H and O–H groups in total. The lowest BCUT2D eigenvalue weighted by Gasteiger charge is -2.35. The van der Waals surface area contributed by atoms with E-state index in [0.29, 0.717) is 48.1 Å². The van der Waals surface area contributed by atoms with E-state index in [0.717, 1.165) is 5.56 Å². The van der Waals surface area contributed by atoms with Gasteiger partial charge in [0.1, 0.15) is 5.82 Å². The number of carbonyl (C=O) groups excluding carboxylic acids is 2. The molecule has 3 heterocycles. The lowest BCUT2D eigenvalue weighted by atomic mass is 10.1. The number of nitrogens with one attached hydrogen (secondary N) is 1. The third-order valence-electron chi connectivity index (χ3n) is 6.36. The second-order valence-corrected chi connectivity index (χ2v) is 10.7. The highest BCUT2D eigenvalue weighted by Crippen LogP contribution is 2.32. The van der Waals surface area contributed by atoms with Crippen molar-refractivity contribution >= 4 is 27.5 Å². The molecule has 2 aliphatic heterocycles. The van der Waals surface area contributed by atoms with E-state index in [2.05, 4.69) is 10.3 Å². The fourth-order valence-electron chi connectivity index (χ4n) is 4.31. The Hall–Kier alpha value is -3.96. The van der Waals surface area contributed by atoms with Gasteiger partial charge in [-0.1, -0.05) is 18.2 Å². The molecule has 0 unspecified atom stereocenters. The van der Waals surface area contributed by atoms with Crippen LogP contribution in [0.15, 0.2) is 65.7 Å². The van der Waals surface area contributed by atoms with Gasteiger partial charge in [0.25, 0.3) is 5.91 Å². The van der Waals surface area contributed by atoms with Gasteiger partial charge in [-0.15, -0.1) is 0 Å². The molecule has 37 heavy (non-hydrogen) atoms. The minimum Gasteiger partial charge on any atom is -0.454 e. The summed E-state index contributed by atoms with van der Waals surface area (Å²) in [6, 6.07) is 14.9. The van der Waals surface area contributed by atoms with Crippen LogP contribution in [0.4, 0.5) is 5.82 Å². The van der Waals surface area contributed by atoms with Crippen LogP contribution in [0.3, 0.4) is 0 Å². The lowest BCUT2D eigenvalue weighted by molar-refractivity contribution is 0.0949. The molecule has 1 aromatic heterocycles. The van der Waals surface area contributed by atoms with Crippen molar-refractivity contribution in [3.8, 4) is 11.5 Å². The molecule has 0 saturated carbocycles. The summed E-state index contributed by atoms with van der Waals surface area (Å²) in [6.45, 7) is 3.17. The summed E-state index contributed by atoms with van der Waals surface area (Å²) >= 11 is 0. The number of carbonyl (C=O) groups is 2. The second kappa shape index (κ2) is 10.2. The number of benzene rings is 2. The van der Waals surface area contributed by atoms with Crippen molar-refractivity contribution in [2.45, 2.75) is 18.4 Å². The number of nitrogens with zero attached hydrogens (tertiary/aromatic N) is 3. The van der Waals surface area contributed by atoms with E-state index in [1.807, 2.05) is 23.1 Å². The highest BCUT2D eigenvalue weighted by atomic mass is 32.2. The molecular formula is C26H26N4O6S. The summed E-state index contributed by atoms with van der Waals surface area (Å²) in [7, 11) is -3.70. The fraction of sp³-hybridized carbons (Fsp3) is 0.269. The maximum atomic E-state index is 13.1. The third kappa shape index (κ3) is 5.13. The van der Waals surface area contributed by atoms with E-state index >= 15 is 0 Å². The summed E-state index contributed by atoms with van der Waals surface area (Å²) in [5.74, 6) is 1.44. The highest BCUT2D eigenvalue weighted by molar-refractivity contribution is 7.89. The number of amides is 1. The molecule has 11 heteroatoms. The van der Waals surface area contributed by atoms with E-state index in [4.69, 9.17) is 9.47 Å². The average molecular weight is 523 g/mol. The van der Waals surface area contributed by atoms with Crippen molar-refractivity contribution in [2.75, 3.05) is 37.9 Å². The number of pyridine rings is 1. The van der Waals surface area contributed by atoms with Crippen molar-refractivity contribution in [1.82, 2.24) is 14.6 Å². The predicted molar refractivity (Wildman–Crippen MR) is 135 cm³/mol. The number of Topliss-reactive ketones (excluding diaryl/α,β-unsaturated/α-hetero) is 1. The van der Waals surface area contributed by atoms with Gasteiger partial charge in [-0.3, -0.25) is 9.59 Å². The Balaban J connectivity index is 1.24. The van der Waals surface area contributed by atoms with Crippen LogP contribution in [0.2, 0.25) is 0 Å². The molecule has 0 radical (unpaired) electrons. The molecule has 10 nitrogen and oxygen atoms in total. The van der Waals surface area contributed by atoms with Gasteiger partial charge in [0.15, 0.2) is 17.3 Å². The van der Waals surface area contributed by atoms with Crippen LogP contribution >= 0.6 is 0 Å². The predicted octanol–water partition coefficient (Wildman–Crippen LogP) is 2.45. The summed E-state index contributed by atoms with van der Waals surface area (Å²) in [5.41, 5.74) is 1.75. The molecule has 1 saturated heterocycles. The minimum absolute atomic E-state index is 0.122. The first-order valence-corrected chi connectivity index (χ1v) is 13.2. The molecule has 2 aromatic carbocycles. The standard InChI is InChI=1S/C26H26N4O6S/c1-18(31)20-5-7-21(8-6-20)37(33,34)30-13-11-29(12-14-30)25-22(3-2-10-27-25)26(32)28-16-19-4-9-23-24(15-19)36-17-35-23/h2-10,15H,11-14,16-17H2,1H3,(H,28,32). The summed E-state index contributed by atoms with van der Waals surface area (Å²) < 4.78 is 38.3. The molecule has 5 rings (SSSR count). The quantitative estimate of drug-likeness (QED) is 0.470. The number of ketones is 1. The maximum Gasteiger partial charge on any atom is 0.255 e. The Bertz CT molecular complexity index is 1430. The Kier molecular flexibility index (Phi) is 6.81. The van der Waals surface area contributed by atoms with E-state index in [1.165, 1.54) is 35.5 Å². The Morgan fingerprint density at radius 1 is 0.973 bits per heavy atom. The molecule has 0 atom stereocenters. The zero-order valence-corrected chi connectivity index (χ0v) is 21.0. The van der Waals surface area contributed by atoms with Gasteiger partial charge in [0, 0.05) is 44.5 Å². The van der Waals surface area contributed by atoms with E-state index in [-0.39, 0.29) is 36.5 Å². The number of sulfonamides is 1. The Morgan fingerprint density at radius 2 is 1.70 bits per heavy atom. The molecule has 0 aliphatic carbocycles. The number of anilines is 1. The second-order valence-electron chi connectivity index (χ2n) is 8.72. The Labute approximate surface area is 214 Å². The van der Waals surface area contributed by atoms with Gasteiger partial charge in [-0.25, -0.2) is 13.4 Å². The van der Waals surface area contributed by atoms with Crippen LogP contribution in [0, 0.1) is 0 Å². The van der Waals surface area contributed by atoms with Crippen LogP contribution in [-0.4, -0.2) is 62.4 Å². The number of ether oxygens (including phenoxy) is 2. The number of rotatable bonds is 7. The van der Waals surface area contributed by atoms with Gasteiger partial charge in [0.05, 0.1) is 10.5 Å². The van der Waals surface area contributed by atoms with Gasteiger partial charge in [0.2, 0.25) is 16.8 Å². The van der Waals surface area contributed by atoms with Crippen LogP contribution in [0.25, 0.3) is 0 Å². The van der Waals surface area contributed by atoms with Crippen LogP contribution in [0.5, 0.6) is 11.5 Å². The van der Waals surface area contributed by atoms with E-state index in [1.54, 1.807) is 18.3 Å². The van der Waals surface area contributed by atoms with Crippen LogP contribution in [-0.2, 0) is 16.6 Å². The van der Waals surface area contributed by atoms with E-state index < -0.39 is 10.0 Å². The molecule has 1 amide bonds. The normalized spacial score (nSPS) is 15.4. The Morgan fingerprint density at radius 3 is 2.43 bits per heavy atom. The first-order chi connectivity index (χ1) is 17.8. The minimum atomic E-state index is -3.70. The van der Waals surface area contributed by atoms with Gasteiger partial charge >= 0.3 is 0 Å². The average Bonchev–Trinajstić information content (AvgIpc) is 3.40. The van der Waals surface area contributed by atoms with Crippen molar-refractivity contribution in [3.05, 3.63) is 77.5 Å². The largest absolute Gasteiger partial charge is 0.454 e. The van der Waals surface area contributed by atoms with E-state index in [9.17, 15) is 18.0 Å². The summed E-state index contributed by atoms with van der Waals surface area (Å²) in [6.07, 6.45) is 1.61. The van der Waals surface area contributed by atoms with Crippen molar-refractivity contribution in [3.63, 3.8) is 0 Å². The SMILES string of the molecule is CC(=O)c1ccc(S(=O)(=O)N2CCN(c3ncccc3C(=O)NCc3ccc4c(c3)OCO4)CC2)cc1. The van der Waals surface area contributed by atoms with Crippen LogP contribution in [0.1, 0.15) is 33.2 Å². The molecule has 2 aliphatic rings.